The molecule has 2 aromatic heterocycles. The van der Waals surface area contributed by atoms with Crippen molar-refractivity contribution in [1.82, 2.24) is 9.55 Å². The Morgan fingerprint density at radius 3 is 2.36 bits per heavy atom. The number of aryl methyl sites for hydroxylation is 2. The van der Waals surface area contributed by atoms with Crippen molar-refractivity contribution in [3.63, 3.8) is 0 Å². The number of fused-ring (bicyclic) bond motifs is 1. The van der Waals surface area contributed by atoms with E-state index in [1.54, 1.807) is 18.3 Å². The van der Waals surface area contributed by atoms with Crippen LogP contribution in [0.1, 0.15) is 52.7 Å². The van der Waals surface area contributed by atoms with Crippen LogP contribution in [0.15, 0.2) is 67.0 Å². The summed E-state index contributed by atoms with van der Waals surface area (Å²) < 4.78 is 1.81. The fourth-order valence-corrected chi connectivity index (χ4v) is 3.84. The van der Waals surface area contributed by atoms with E-state index in [0.717, 1.165) is 27.7 Å². The molecule has 0 atom stereocenters. The van der Waals surface area contributed by atoms with E-state index in [4.69, 9.17) is 0 Å². The molecule has 0 unspecified atom stereocenters. The molecule has 0 aliphatic carbocycles. The second-order valence-electron chi connectivity index (χ2n) is 9.26. The number of nitrogens with one attached hydrogen (secondary N) is 2. The summed E-state index contributed by atoms with van der Waals surface area (Å²) in [6, 6.07) is 17.1. The van der Waals surface area contributed by atoms with Gasteiger partial charge in [0.1, 0.15) is 5.69 Å². The van der Waals surface area contributed by atoms with Crippen molar-refractivity contribution >= 4 is 34.1 Å². The molecule has 2 amide bonds. The number of pyridine rings is 1. The van der Waals surface area contributed by atoms with E-state index in [2.05, 4.69) is 42.5 Å². The van der Waals surface area contributed by atoms with Crippen LogP contribution >= 0.6 is 0 Å². The smallest absolute Gasteiger partial charge is 0.272 e. The Bertz CT molecular complexity index is 1350. The van der Waals surface area contributed by atoms with Gasteiger partial charge in [-0.2, -0.15) is 0 Å². The summed E-state index contributed by atoms with van der Waals surface area (Å²) in [5.74, 6) is -0.454. The summed E-state index contributed by atoms with van der Waals surface area (Å²) in [6.07, 6.45) is 3.14. The Hall–Kier alpha value is -3.93. The summed E-state index contributed by atoms with van der Waals surface area (Å²) in [7, 11) is 1.83. The molecule has 6 heteroatoms. The van der Waals surface area contributed by atoms with Gasteiger partial charge in [-0.05, 0) is 53.8 Å². The van der Waals surface area contributed by atoms with Crippen molar-refractivity contribution in [2.75, 3.05) is 10.6 Å². The Balaban J connectivity index is 1.66. The van der Waals surface area contributed by atoms with Gasteiger partial charge in [-0.25, -0.2) is 0 Å². The molecule has 0 aliphatic heterocycles. The van der Waals surface area contributed by atoms with Gasteiger partial charge in [-0.15, -0.1) is 0 Å². The quantitative estimate of drug-likeness (QED) is 0.428. The molecule has 4 aromatic rings. The largest absolute Gasteiger partial charge is 0.338 e. The van der Waals surface area contributed by atoms with Crippen molar-refractivity contribution in [2.24, 2.45) is 7.05 Å². The maximum Gasteiger partial charge on any atom is 0.272 e. The van der Waals surface area contributed by atoms with Gasteiger partial charge >= 0.3 is 0 Å². The Morgan fingerprint density at radius 2 is 1.67 bits per heavy atom. The SMILES string of the molecule is Cc1ccc(C(C)(C)C)cc1NC(=O)c1cc2cccc(NC(=O)c3cccnc3)c2n1C. The van der Waals surface area contributed by atoms with E-state index in [1.807, 2.05) is 54.9 Å². The Labute approximate surface area is 193 Å². The molecular formula is C27H28N4O2. The van der Waals surface area contributed by atoms with Crippen LogP contribution in [0.5, 0.6) is 0 Å². The van der Waals surface area contributed by atoms with Gasteiger partial charge < -0.3 is 15.2 Å². The number of rotatable bonds is 4. The molecule has 168 valence electrons. The zero-order valence-corrected chi connectivity index (χ0v) is 19.6. The third-order valence-electron chi connectivity index (χ3n) is 5.81. The van der Waals surface area contributed by atoms with Gasteiger partial charge in [-0.1, -0.05) is 45.0 Å². The average Bonchev–Trinajstić information content (AvgIpc) is 3.12. The van der Waals surface area contributed by atoms with E-state index in [1.165, 1.54) is 6.20 Å². The predicted octanol–water partition coefficient (Wildman–Crippen LogP) is 5.68. The van der Waals surface area contributed by atoms with Crippen LogP contribution in [0, 0.1) is 6.92 Å². The molecule has 0 aliphatic rings. The van der Waals surface area contributed by atoms with Gasteiger partial charge in [0, 0.05) is 30.5 Å². The molecule has 0 fully saturated rings. The first kappa shape index (κ1) is 22.3. The topological polar surface area (TPSA) is 76.0 Å². The first-order chi connectivity index (χ1) is 15.6. The summed E-state index contributed by atoms with van der Waals surface area (Å²) in [5.41, 5.74) is 5.32. The first-order valence-corrected chi connectivity index (χ1v) is 10.9. The normalized spacial score (nSPS) is 11.4. The maximum absolute atomic E-state index is 13.2. The molecule has 0 saturated heterocycles. The number of anilines is 2. The highest BCUT2D eigenvalue weighted by Crippen LogP contribution is 2.29. The predicted molar refractivity (Wildman–Crippen MR) is 133 cm³/mol. The maximum atomic E-state index is 13.2. The lowest BCUT2D eigenvalue weighted by molar-refractivity contribution is 0.101. The van der Waals surface area contributed by atoms with E-state index in [9.17, 15) is 9.59 Å². The highest BCUT2D eigenvalue weighted by molar-refractivity contribution is 6.11. The molecule has 6 nitrogen and oxygen atoms in total. The number of para-hydroxylation sites is 1. The average molecular weight is 441 g/mol. The molecule has 4 rings (SSSR count). The minimum Gasteiger partial charge on any atom is -0.338 e. The highest BCUT2D eigenvalue weighted by Gasteiger charge is 2.19. The van der Waals surface area contributed by atoms with Crippen LogP contribution in [-0.2, 0) is 12.5 Å². The highest BCUT2D eigenvalue weighted by atomic mass is 16.2. The summed E-state index contributed by atoms with van der Waals surface area (Å²) >= 11 is 0. The van der Waals surface area contributed by atoms with E-state index in [-0.39, 0.29) is 17.2 Å². The standard InChI is InChI=1S/C27H28N4O2/c1-17-11-12-20(27(2,3)4)15-22(17)30-26(33)23-14-18-8-6-10-21(24(18)31(23)5)29-25(32)19-9-7-13-28-16-19/h6-16H,1-5H3,(H,29,32)(H,30,33). The van der Waals surface area contributed by atoms with E-state index >= 15 is 0 Å². The second-order valence-corrected chi connectivity index (χ2v) is 9.26. The number of hydrogen-bond donors (Lipinski definition) is 2. The second kappa shape index (κ2) is 8.54. The van der Waals surface area contributed by atoms with E-state index < -0.39 is 0 Å². The zero-order valence-electron chi connectivity index (χ0n) is 19.6. The first-order valence-electron chi connectivity index (χ1n) is 10.9. The lowest BCUT2D eigenvalue weighted by Crippen LogP contribution is -2.18. The monoisotopic (exact) mass is 440 g/mol. The third kappa shape index (κ3) is 4.51. The van der Waals surface area contributed by atoms with Gasteiger partial charge in [0.05, 0.1) is 16.8 Å². The van der Waals surface area contributed by atoms with Crippen LogP contribution in [0.4, 0.5) is 11.4 Å². The van der Waals surface area contributed by atoms with E-state index in [0.29, 0.717) is 16.9 Å². The molecule has 33 heavy (non-hydrogen) atoms. The van der Waals surface area contributed by atoms with Crippen molar-refractivity contribution in [1.29, 1.82) is 0 Å². The minimum absolute atomic E-state index is 0.0196. The van der Waals surface area contributed by atoms with Crippen molar-refractivity contribution in [3.8, 4) is 0 Å². The van der Waals surface area contributed by atoms with Gasteiger partial charge in [-0.3, -0.25) is 14.6 Å². The Kier molecular flexibility index (Phi) is 5.77. The molecule has 2 aromatic carbocycles. The van der Waals surface area contributed by atoms with Crippen molar-refractivity contribution in [2.45, 2.75) is 33.1 Å². The number of nitrogens with zero attached hydrogens (tertiary/aromatic N) is 2. The molecule has 0 spiro atoms. The number of carbonyl (C=O) groups is 2. The lowest BCUT2D eigenvalue weighted by atomic mass is 9.86. The molecule has 2 heterocycles. The van der Waals surface area contributed by atoms with Crippen molar-refractivity contribution < 1.29 is 9.59 Å². The molecule has 0 saturated carbocycles. The number of carbonyl (C=O) groups excluding carboxylic acids is 2. The fraction of sp³-hybridized carbons (Fsp3) is 0.222. The van der Waals surface area contributed by atoms with Crippen molar-refractivity contribution in [3.05, 3.63) is 89.4 Å². The summed E-state index contributed by atoms with van der Waals surface area (Å²) in [6.45, 7) is 8.42. The van der Waals surface area contributed by atoms with Crippen LogP contribution in [0.3, 0.4) is 0 Å². The summed E-state index contributed by atoms with van der Waals surface area (Å²) in [5, 5.41) is 6.88. The van der Waals surface area contributed by atoms with Gasteiger partial charge in [0.2, 0.25) is 0 Å². The molecule has 0 bridgehead atoms. The molecule has 0 radical (unpaired) electrons. The number of amides is 2. The van der Waals surface area contributed by atoms with Crippen LogP contribution in [-0.4, -0.2) is 21.4 Å². The third-order valence-corrected chi connectivity index (χ3v) is 5.81. The molecule has 2 N–H and O–H groups in total. The van der Waals surface area contributed by atoms with Crippen LogP contribution < -0.4 is 10.6 Å². The Morgan fingerprint density at radius 1 is 0.909 bits per heavy atom. The number of hydrogen-bond acceptors (Lipinski definition) is 3. The zero-order chi connectivity index (χ0) is 23.8. The van der Waals surface area contributed by atoms with Crippen LogP contribution in [0.2, 0.25) is 0 Å². The molecular weight excluding hydrogens is 412 g/mol. The fourth-order valence-electron chi connectivity index (χ4n) is 3.84. The lowest BCUT2D eigenvalue weighted by Gasteiger charge is -2.21. The van der Waals surface area contributed by atoms with Gasteiger partial charge in [0.25, 0.3) is 11.8 Å². The van der Waals surface area contributed by atoms with Gasteiger partial charge in [0.15, 0.2) is 0 Å². The van der Waals surface area contributed by atoms with Crippen LogP contribution in [0.25, 0.3) is 10.9 Å². The number of benzene rings is 2. The number of aromatic nitrogens is 2. The minimum atomic E-state index is -0.252. The summed E-state index contributed by atoms with van der Waals surface area (Å²) in [4.78, 5) is 29.9.